The molecule has 1 unspecified atom stereocenters. The largest absolute Gasteiger partial charge is 0.481 e. The third kappa shape index (κ3) is 5.07. The molecular weight excluding hydrogens is 314 g/mol. The van der Waals surface area contributed by atoms with E-state index in [9.17, 15) is 4.79 Å². The average molecular weight is 341 g/mol. The second kappa shape index (κ2) is 8.17. The van der Waals surface area contributed by atoms with E-state index in [-0.39, 0.29) is 5.91 Å². The van der Waals surface area contributed by atoms with Gasteiger partial charge in [0.05, 0.1) is 12.1 Å². The lowest BCUT2D eigenvalue weighted by Crippen LogP contribution is -2.51. The molecule has 1 amide bonds. The van der Waals surface area contributed by atoms with Crippen molar-refractivity contribution in [1.82, 2.24) is 5.32 Å². The molecule has 0 heterocycles. The first-order chi connectivity index (χ1) is 11.9. The number of carbonyl (C=O) groups excluding carboxylic acids is 1. The predicted octanol–water partition coefficient (Wildman–Crippen LogP) is 4.18. The summed E-state index contributed by atoms with van der Waals surface area (Å²) in [5.41, 5.74) is 0.612. The fourth-order valence-corrected chi connectivity index (χ4v) is 2.74. The van der Waals surface area contributed by atoms with Crippen LogP contribution in [0.5, 0.6) is 5.75 Å². The first-order valence-corrected chi connectivity index (χ1v) is 8.52. The molecule has 0 saturated heterocycles. The SMILES string of the molecule is C=Cc1ccc2ccc(OC(CC)C(=O)NC(C)(C)COC)cc2c1. The van der Waals surface area contributed by atoms with E-state index in [1.807, 2.05) is 57.2 Å². The fourth-order valence-electron chi connectivity index (χ4n) is 2.74. The molecule has 0 aromatic heterocycles. The summed E-state index contributed by atoms with van der Waals surface area (Å²) in [6.07, 6.45) is 1.85. The number of benzene rings is 2. The van der Waals surface area contributed by atoms with Crippen LogP contribution in [0.2, 0.25) is 0 Å². The van der Waals surface area contributed by atoms with Crippen LogP contribution in [0.1, 0.15) is 32.8 Å². The van der Waals surface area contributed by atoms with E-state index in [1.54, 1.807) is 7.11 Å². The summed E-state index contributed by atoms with van der Waals surface area (Å²) in [6, 6.07) is 12.0. The van der Waals surface area contributed by atoms with Gasteiger partial charge >= 0.3 is 0 Å². The third-order valence-corrected chi connectivity index (χ3v) is 3.98. The van der Waals surface area contributed by atoms with Crippen molar-refractivity contribution in [3.8, 4) is 5.75 Å². The van der Waals surface area contributed by atoms with Crippen LogP contribution in [0.25, 0.3) is 16.8 Å². The molecule has 2 rings (SSSR count). The highest BCUT2D eigenvalue weighted by atomic mass is 16.5. The molecule has 25 heavy (non-hydrogen) atoms. The summed E-state index contributed by atoms with van der Waals surface area (Å²) in [6.45, 7) is 10.0. The normalized spacial score (nSPS) is 12.6. The number of rotatable bonds is 8. The summed E-state index contributed by atoms with van der Waals surface area (Å²) in [5, 5.41) is 5.16. The first kappa shape index (κ1) is 19.0. The van der Waals surface area contributed by atoms with Gasteiger partial charge in [0.2, 0.25) is 0 Å². The van der Waals surface area contributed by atoms with Crippen LogP contribution >= 0.6 is 0 Å². The van der Waals surface area contributed by atoms with Crippen molar-refractivity contribution >= 4 is 22.8 Å². The molecule has 1 atom stereocenters. The zero-order valence-electron chi connectivity index (χ0n) is 15.5. The topological polar surface area (TPSA) is 47.6 Å². The van der Waals surface area contributed by atoms with Gasteiger partial charge in [0.15, 0.2) is 6.10 Å². The number of amides is 1. The minimum absolute atomic E-state index is 0.135. The Morgan fingerprint density at radius 2 is 1.96 bits per heavy atom. The van der Waals surface area contributed by atoms with Gasteiger partial charge in [-0.15, -0.1) is 0 Å². The molecule has 0 aliphatic rings. The maximum absolute atomic E-state index is 12.5. The molecule has 0 bridgehead atoms. The molecular formula is C21H27NO3. The van der Waals surface area contributed by atoms with Crippen LogP contribution in [0, 0.1) is 0 Å². The summed E-state index contributed by atoms with van der Waals surface area (Å²) >= 11 is 0. The van der Waals surface area contributed by atoms with Gasteiger partial charge in [-0.1, -0.05) is 37.8 Å². The molecule has 0 spiro atoms. The number of nitrogens with one attached hydrogen (secondary N) is 1. The van der Waals surface area contributed by atoms with E-state index in [2.05, 4.69) is 18.0 Å². The number of fused-ring (bicyclic) bond motifs is 1. The Kier molecular flexibility index (Phi) is 6.21. The predicted molar refractivity (Wildman–Crippen MR) is 103 cm³/mol. The molecule has 0 fully saturated rings. The van der Waals surface area contributed by atoms with Crippen molar-refractivity contribution in [2.45, 2.75) is 38.8 Å². The quantitative estimate of drug-likeness (QED) is 0.783. The van der Waals surface area contributed by atoms with E-state index >= 15 is 0 Å². The van der Waals surface area contributed by atoms with E-state index in [0.717, 1.165) is 16.3 Å². The van der Waals surface area contributed by atoms with Crippen LogP contribution in [-0.2, 0) is 9.53 Å². The average Bonchev–Trinajstić information content (AvgIpc) is 2.58. The van der Waals surface area contributed by atoms with Crippen molar-refractivity contribution < 1.29 is 14.3 Å². The fraction of sp³-hybridized carbons (Fsp3) is 0.381. The maximum Gasteiger partial charge on any atom is 0.261 e. The van der Waals surface area contributed by atoms with Gasteiger partial charge in [-0.25, -0.2) is 0 Å². The Labute approximate surface area is 149 Å². The highest BCUT2D eigenvalue weighted by molar-refractivity contribution is 5.86. The van der Waals surface area contributed by atoms with E-state index in [1.165, 1.54) is 0 Å². The Morgan fingerprint density at radius 1 is 1.24 bits per heavy atom. The number of hydrogen-bond acceptors (Lipinski definition) is 3. The smallest absolute Gasteiger partial charge is 0.261 e. The van der Waals surface area contributed by atoms with Gasteiger partial charge in [-0.05, 0) is 54.8 Å². The minimum atomic E-state index is -0.545. The third-order valence-electron chi connectivity index (χ3n) is 3.98. The zero-order valence-corrected chi connectivity index (χ0v) is 15.5. The Hall–Kier alpha value is -2.33. The molecule has 1 N–H and O–H groups in total. The minimum Gasteiger partial charge on any atom is -0.481 e. The molecule has 0 aliphatic carbocycles. The Bertz CT molecular complexity index is 752. The Balaban J connectivity index is 2.16. The van der Waals surface area contributed by atoms with Crippen LogP contribution in [0.15, 0.2) is 43.0 Å². The van der Waals surface area contributed by atoms with Crippen LogP contribution in [-0.4, -0.2) is 31.3 Å². The second-order valence-electron chi connectivity index (χ2n) is 6.79. The molecule has 4 heteroatoms. The Morgan fingerprint density at radius 3 is 2.60 bits per heavy atom. The van der Waals surface area contributed by atoms with Crippen molar-refractivity contribution in [3.05, 3.63) is 48.5 Å². The summed E-state index contributed by atoms with van der Waals surface area (Å²) in [7, 11) is 1.62. The monoisotopic (exact) mass is 341 g/mol. The summed E-state index contributed by atoms with van der Waals surface area (Å²) in [4.78, 5) is 12.5. The van der Waals surface area contributed by atoms with Crippen molar-refractivity contribution in [1.29, 1.82) is 0 Å². The summed E-state index contributed by atoms with van der Waals surface area (Å²) in [5.74, 6) is 0.546. The maximum atomic E-state index is 12.5. The highest BCUT2D eigenvalue weighted by Gasteiger charge is 2.26. The van der Waals surface area contributed by atoms with Crippen LogP contribution in [0.3, 0.4) is 0 Å². The molecule has 2 aromatic carbocycles. The van der Waals surface area contributed by atoms with Gasteiger partial charge in [-0.2, -0.15) is 0 Å². The molecule has 0 aliphatic heterocycles. The molecule has 2 aromatic rings. The van der Waals surface area contributed by atoms with Gasteiger partial charge in [0, 0.05) is 7.11 Å². The van der Waals surface area contributed by atoms with Gasteiger partial charge < -0.3 is 14.8 Å². The molecule has 0 saturated carbocycles. The van der Waals surface area contributed by atoms with Gasteiger partial charge in [-0.3, -0.25) is 4.79 Å². The van der Waals surface area contributed by atoms with E-state index in [4.69, 9.17) is 9.47 Å². The van der Waals surface area contributed by atoms with Crippen LogP contribution < -0.4 is 10.1 Å². The van der Waals surface area contributed by atoms with E-state index in [0.29, 0.717) is 18.8 Å². The lowest BCUT2D eigenvalue weighted by Gasteiger charge is -2.28. The molecule has 0 radical (unpaired) electrons. The molecule has 134 valence electrons. The van der Waals surface area contributed by atoms with Crippen molar-refractivity contribution in [3.63, 3.8) is 0 Å². The lowest BCUT2D eigenvalue weighted by molar-refractivity contribution is -0.130. The number of hydrogen-bond donors (Lipinski definition) is 1. The van der Waals surface area contributed by atoms with Crippen molar-refractivity contribution in [2.24, 2.45) is 0 Å². The summed E-state index contributed by atoms with van der Waals surface area (Å²) < 4.78 is 11.1. The van der Waals surface area contributed by atoms with Crippen molar-refractivity contribution in [2.75, 3.05) is 13.7 Å². The van der Waals surface area contributed by atoms with Gasteiger partial charge in [0.1, 0.15) is 5.75 Å². The first-order valence-electron chi connectivity index (χ1n) is 8.52. The second-order valence-corrected chi connectivity index (χ2v) is 6.79. The molecule has 4 nitrogen and oxygen atoms in total. The van der Waals surface area contributed by atoms with Crippen LogP contribution in [0.4, 0.5) is 0 Å². The highest BCUT2D eigenvalue weighted by Crippen LogP contribution is 2.24. The standard InChI is InChI=1S/C21H27NO3/c1-6-15-8-9-16-10-11-18(13-17(16)12-15)25-19(7-2)20(23)22-21(3,4)14-24-5/h6,8-13,19H,1,7,14H2,2-5H3,(H,22,23). The van der Waals surface area contributed by atoms with E-state index < -0.39 is 11.6 Å². The number of carbonyl (C=O) groups is 1. The zero-order chi connectivity index (χ0) is 18.4. The number of ether oxygens (including phenoxy) is 2. The van der Waals surface area contributed by atoms with Gasteiger partial charge in [0.25, 0.3) is 5.91 Å². The lowest BCUT2D eigenvalue weighted by atomic mass is 10.1. The number of methoxy groups -OCH3 is 1.